The second-order valence-corrected chi connectivity index (χ2v) is 7.74. The molecule has 0 aliphatic rings. The number of amides is 1. The summed E-state index contributed by atoms with van der Waals surface area (Å²) < 4.78 is 5.88. The van der Waals surface area contributed by atoms with Crippen molar-refractivity contribution in [3.05, 3.63) is 77.5 Å². The smallest absolute Gasteiger partial charge is 0.257 e. The van der Waals surface area contributed by atoms with Gasteiger partial charge in [0.2, 0.25) is 5.88 Å². The molecule has 8 nitrogen and oxygen atoms in total. The van der Waals surface area contributed by atoms with E-state index in [2.05, 4.69) is 20.5 Å². The quantitative estimate of drug-likeness (QED) is 0.499. The maximum atomic E-state index is 12.8. The highest BCUT2D eigenvalue weighted by Crippen LogP contribution is 2.25. The molecule has 0 saturated heterocycles. The Morgan fingerprint density at radius 1 is 1.10 bits per heavy atom. The maximum absolute atomic E-state index is 12.8. The molecule has 0 bridgehead atoms. The molecular formula is C23H23N5O3. The monoisotopic (exact) mass is 417 g/mol. The number of nitrogens with one attached hydrogen (secondary N) is 1. The fourth-order valence-corrected chi connectivity index (χ4v) is 3.13. The molecular weight excluding hydrogens is 394 g/mol. The van der Waals surface area contributed by atoms with E-state index in [0.29, 0.717) is 23.4 Å². The van der Waals surface area contributed by atoms with Gasteiger partial charge in [0.15, 0.2) is 0 Å². The molecule has 0 radical (unpaired) electrons. The molecule has 1 amide bonds. The first-order chi connectivity index (χ1) is 14.8. The second-order valence-electron chi connectivity index (χ2n) is 7.74. The first kappa shape index (κ1) is 20.5. The zero-order valence-electron chi connectivity index (χ0n) is 17.5. The van der Waals surface area contributed by atoms with Gasteiger partial charge >= 0.3 is 0 Å². The Balaban J connectivity index is 1.47. The number of aliphatic hydroxyl groups is 1. The highest BCUT2D eigenvalue weighted by Gasteiger charge is 2.17. The predicted molar refractivity (Wildman–Crippen MR) is 116 cm³/mol. The van der Waals surface area contributed by atoms with Gasteiger partial charge in [-0.1, -0.05) is 24.3 Å². The van der Waals surface area contributed by atoms with Gasteiger partial charge in [-0.3, -0.25) is 4.79 Å². The van der Waals surface area contributed by atoms with E-state index in [4.69, 9.17) is 4.74 Å². The summed E-state index contributed by atoms with van der Waals surface area (Å²) in [6.07, 6.45) is 1.57. The standard InChI is InChI=1S/C23H23N5O3/c1-23(2,30)16-8-6-15(7-9-16)14-25-21(29)18-5-4-12-24-22(18)31-17-10-11-19-20(13-17)27-28(3)26-19/h4-13,30H,14H2,1-3H3,(H,25,29). The number of carbonyl (C=O) groups excluding carboxylic acids is 1. The fraction of sp³-hybridized carbons (Fsp3) is 0.217. The molecule has 2 N–H and O–H groups in total. The van der Waals surface area contributed by atoms with Gasteiger partial charge in [-0.2, -0.15) is 15.0 Å². The van der Waals surface area contributed by atoms with Gasteiger partial charge in [0.1, 0.15) is 22.3 Å². The van der Waals surface area contributed by atoms with Gasteiger partial charge in [-0.25, -0.2) is 4.98 Å². The Labute approximate surface area is 179 Å². The predicted octanol–water partition coefficient (Wildman–Crippen LogP) is 3.31. The van der Waals surface area contributed by atoms with E-state index in [0.717, 1.165) is 16.6 Å². The Morgan fingerprint density at radius 3 is 2.58 bits per heavy atom. The molecule has 0 spiro atoms. The van der Waals surface area contributed by atoms with Crippen LogP contribution in [0.4, 0.5) is 0 Å². The van der Waals surface area contributed by atoms with Crippen LogP contribution in [0.3, 0.4) is 0 Å². The number of benzene rings is 2. The van der Waals surface area contributed by atoms with Crippen molar-refractivity contribution in [2.24, 2.45) is 7.05 Å². The normalized spacial score (nSPS) is 11.5. The number of hydrogen-bond donors (Lipinski definition) is 2. The van der Waals surface area contributed by atoms with Crippen LogP contribution in [0.1, 0.15) is 35.3 Å². The third kappa shape index (κ3) is 4.70. The third-order valence-corrected chi connectivity index (χ3v) is 4.80. The highest BCUT2D eigenvalue weighted by molar-refractivity contribution is 5.96. The fourth-order valence-electron chi connectivity index (χ4n) is 3.13. The average Bonchev–Trinajstić information content (AvgIpc) is 3.11. The molecule has 0 atom stereocenters. The molecule has 2 aromatic heterocycles. The number of aryl methyl sites for hydroxylation is 1. The summed E-state index contributed by atoms with van der Waals surface area (Å²) in [4.78, 5) is 18.5. The number of hydrogen-bond acceptors (Lipinski definition) is 6. The largest absolute Gasteiger partial charge is 0.438 e. The summed E-state index contributed by atoms with van der Waals surface area (Å²) in [6.45, 7) is 3.80. The minimum absolute atomic E-state index is 0.209. The van der Waals surface area contributed by atoms with Crippen molar-refractivity contribution in [3.8, 4) is 11.6 Å². The van der Waals surface area contributed by atoms with Crippen LogP contribution in [0, 0.1) is 0 Å². The van der Waals surface area contributed by atoms with Crippen LogP contribution in [0.15, 0.2) is 60.8 Å². The molecule has 8 heteroatoms. The lowest BCUT2D eigenvalue weighted by atomic mass is 9.97. The molecule has 0 saturated carbocycles. The van der Waals surface area contributed by atoms with Gasteiger partial charge in [0.05, 0.1) is 5.60 Å². The minimum atomic E-state index is -0.905. The number of aromatic nitrogens is 4. The molecule has 4 rings (SSSR count). The van der Waals surface area contributed by atoms with Crippen LogP contribution in [0.5, 0.6) is 11.6 Å². The van der Waals surface area contributed by atoms with Crippen LogP contribution in [-0.2, 0) is 19.2 Å². The van der Waals surface area contributed by atoms with Gasteiger partial charge in [-0.15, -0.1) is 0 Å². The molecule has 0 aliphatic carbocycles. The van der Waals surface area contributed by atoms with E-state index >= 15 is 0 Å². The summed E-state index contributed by atoms with van der Waals surface area (Å²) in [5, 5.41) is 21.4. The van der Waals surface area contributed by atoms with Gasteiger partial charge < -0.3 is 15.2 Å². The average molecular weight is 417 g/mol. The number of ether oxygens (including phenoxy) is 1. The number of nitrogens with zero attached hydrogens (tertiary/aromatic N) is 4. The number of rotatable bonds is 6. The van der Waals surface area contributed by atoms with Crippen molar-refractivity contribution in [2.75, 3.05) is 0 Å². The van der Waals surface area contributed by atoms with E-state index in [-0.39, 0.29) is 11.8 Å². The number of pyridine rings is 1. The lowest BCUT2D eigenvalue weighted by Crippen LogP contribution is -2.23. The zero-order valence-corrected chi connectivity index (χ0v) is 17.5. The summed E-state index contributed by atoms with van der Waals surface area (Å²) in [5.74, 6) is 0.429. The summed E-state index contributed by atoms with van der Waals surface area (Å²) >= 11 is 0. The Hall–Kier alpha value is -3.78. The molecule has 0 unspecified atom stereocenters. The van der Waals surface area contributed by atoms with Crippen LogP contribution in [-0.4, -0.2) is 31.0 Å². The SMILES string of the molecule is Cn1nc2ccc(Oc3ncccc3C(=O)NCc3ccc(C(C)(C)O)cc3)cc2n1. The van der Waals surface area contributed by atoms with Crippen LogP contribution < -0.4 is 10.1 Å². The van der Waals surface area contributed by atoms with E-state index in [1.807, 2.05) is 24.3 Å². The minimum Gasteiger partial charge on any atom is -0.438 e. The Bertz CT molecular complexity index is 1230. The Morgan fingerprint density at radius 2 is 1.84 bits per heavy atom. The van der Waals surface area contributed by atoms with E-state index in [1.165, 1.54) is 4.80 Å². The number of carbonyl (C=O) groups is 1. The van der Waals surface area contributed by atoms with Crippen molar-refractivity contribution in [1.82, 2.24) is 25.3 Å². The van der Waals surface area contributed by atoms with Crippen molar-refractivity contribution in [1.29, 1.82) is 0 Å². The van der Waals surface area contributed by atoms with Crippen molar-refractivity contribution in [3.63, 3.8) is 0 Å². The Kier molecular flexibility index (Phi) is 5.39. The molecule has 0 aliphatic heterocycles. The van der Waals surface area contributed by atoms with Crippen molar-refractivity contribution >= 4 is 16.9 Å². The first-order valence-corrected chi connectivity index (χ1v) is 9.83. The van der Waals surface area contributed by atoms with E-state index in [9.17, 15) is 9.90 Å². The number of fused-ring (bicyclic) bond motifs is 1. The summed E-state index contributed by atoms with van der Waals surface area (Å²) in [6, 6.07) is 16.1. The van der Waals surface area contributed by atoms with Crippen molar-refractivity contribution < 1.29 is 14.6 Å². The molecule has 31 heavy (non-hydrogen) atoms. The highest BCUT2D eigenvalue weighted by atomic mass is 16.5. The molecule has 4 aromatic rings. The first-order valence-electron chi connectivity index (χ1n) is 9.83. The molecule has 2 heterocycles. The van der Waals surface area contributed by atoms with E-state index < -0.39 is 5.60 Å². The summed E-state index contributed by atoms with van der Waals surface area (Å²) in [7, 11) is 1.75. The zero-order chi connectivity index (χ0) is 22.0. The van der Waals surface area contributed by atoms with Gasteiger partial charge in [-0.05, 0) is 49.2 Å². The maximum Gasteiger partial charge on any atom is 0.257 e. The van der Waals surface area contributed by atoms with E-state index in [1.54, 1.807) is 57.4 Å². The van der Waals surface area contributed by atoms with Crippen molar-refractivity contribution in [2.45, 2.75) is 26.0 Å². The topological polar surface area (TPSA) is 102 Å². The molecule has 2 aromatic carbocycles. The van der Waals surface area contributed by atoms with Crippen LogP contribution in [0.25, 0.3) is 11.0 Å². The molecule has 0 fully saturated rings. The summed E-state index contributed by atoms with van der Waals surface area (Å²) in [5.41, 5.74) is 2.60. The van der Waals surface area contributed by atoms with Crippen LogP contribution >= 0.6 is 0 Å². The van der Waals surface area contributed by atoms with Gasteiger partial charge in [0.25, 0.3) is 5.91 Å². The molecule has 158 valence electrons. The lowest BCUT2D eigenvalue weighted by Gasteiger charge is -2.18. The third-order valence-electron chi connectivity index (χ3n) is 4.80. The lowest BCUT2D eigenvalue weighted by molar-refractivity contribution is 0.0785. The second kappa shape index (κ2) is 8.16. The van der Waals surface area contributed by atoms with Gasteiger partial charge in [0, 0.05) is 25.9 Å². The van der Waals surface area contributed by atoms with Crippen LogP contribution in [0.2, 0.25) is 0 Å².